The van der Waals surface area contributed by atoms with E-state index in [1.165, 1.54) is 0 Å². The van der Waals surface area contributed by atoms with Crippen LogP contribution in [0.2, 0.25) is 0 Å². The third-order valence-electron chi connectivity index (χ3n) is 1.52. The van der Waals surface area contributed by atoms with E-state index < -0.39 is 6.52 Å². The Morgan fingerprint density at radius 1 is 1.40 bits per heavy atom. The van der Waals surface area contributed by atoms with Gasteiger partial charge in [-0.2, -0.15) is 0 Å². The van der Waals surface area contributed by atoms with Crippen LogP contribution in [0.15, 0.2) is 40.3 Å². The van der Waals surface area contributed by atoms with E-state index in [-0.39, 0.29) is 30.3 Å². The van der Waals surface area contributed by atoms with Crippen molar-refractivity contribution in [3.8, 4) is 0 Å². The maximum Gasteiger partial charge on any atom is 0.216 e. The zero-order valence-corrected chi connectivity index (χ0v) is 8.57. The quantitative estimate of drug-likeness (QED) is 0.571. The molecule has 4 N–H and O–H groups in total. The fraction of sp³-hybridized carbons (Fsp3) is 0.273. The molecular formula is C11H16N4. The van der Waals surface area contributed by atoms with Crippen LogP contribution in [-0.2, 0) is 6.42 Å². The van der Waals surface area contributed by atoms with E-state index in [2.05, 4.69) is 9.98 Å². The van der Waals surface area contributed by atoms with E-state index in [1.807, 2.05) is 0 Å². The molecule has 0 aliphatic rings. The molecule has 0 aromatic heterocycles. The SMILES string of the molecule is [2H]c1cccc([2H])c1CC([2H])N=C(N)N=C(C)N. The third kappa shape index (κ3) is 4.81. The summed E-state index contributed by atoms with van der Waals surface area (Å²) in [4.78, 5) is 7.53. The lowest BCUT2D eigenvalue weighted by molar-refractivity contribution is 0.962. The fourth-order valence-electron chi connectivity index (χ4n) is 0.945. The maximum atomic E-state index is 7.73. The summed E-state index contributed by atoms with van der Waals surface area (Å²) in [5.74, 6) is 0.203. The van der Waals surface area contributed by atoms with Crippen LogP contribution < -0.4 is 11.5 Å². The van der Waals surface area contributed by atoms with Crippen LogP contribution in [-0.4, -0.2) is 18.3 Å². The molecule has 80 valence electrons. The predicted octanol–water partition coefficient (Wildman–Crippen LogP) is 0.921. The Labute approximate surface area is 93.9 Å². The summed E-state index contributed by atoms with van der Waals surface area (Å²) < 4.78 is 23.1. The van der Waals surface area contributed by atoms with E-state index in [0.29, 0.717) is 5.56 Å². The Bertz CT molecular complexity index is 461. The summed E-state index contributed by atoms with van der Waals surface area (Å²) in [5, 5.41) is 0. The Balaban J connectivity index is 2.82. The van der Waals surface area contributed by atoms with Crippen molar-refractivity contribution in [2.45, 2.75) is 13.3 Å². The number of hydrogen-bond acceptors (Lipinski definition) is 1. The summed E-state index contributed by atoms with van der Waals surface area (Å²) in [6, 6.07) is 5.25. The van der Waals surface area contributed by atoms with Gasteiger partial charge in [-0.3, -0.25) is 4.99 Å². The zero-order valence-electron chi connectivity index (χ0n) is 11.6. The highest BCUT2D eigenvalue weighted by Crippen LogP contribution is 1.99. The summed E-state index contributed by atoms with van der Waals surface area (Å²) in [6.07, 6.45) is 0.151. The highest BCUT2D eigenvalue weighted by Gasteiger charge is 1.91. The van der Waals surface area contributed by atoms with Crippen molar-refractivity contribution in [3.05, 3.63) is 35.8 Å². The molecule has 0 amide bonds. The molecule has 0 radical (unpaired) electrons. The average Bonchev–Trinajstić information content (AvgIpc) is 2.22. The molecule has 15 heavy (non-hydrogen) atoms. The number of guanidine groups is 1. The van der Waals surface area contributed by atoms with Crippen LogP contribution in [0.25, 0.3) is 0 Å². The number of rotatable bonds is 3. The minimum absolute atomic E-state index is 0.0657. The van der Waals surface area contributed by atoms with E-state index >= 15 is 0 Å². The topological polar surface area (TPSA) is 76.8 Å². The molecule has 1 rings (SSSR count). The molecule has 4 heteroatoms. The molecule has 1 atom stereocenters. The molecule has 0 saturated heterocycles. The largest absolute Gasteiger partial charge is 0.387 e. The van der Waals surface area contributed by atoms with Gasteiger partial charge in [0.15, 0.2) is 0 Å². The molecule has 0 aliphatic heterocycles. The highest BCUT2D eigenvalue weighted by atomic mass is 15.1. The van der Waals surface area contributed by atoms with Crippen molar-refractivity contribution in [3.63, 3.8) is 0 Å². The molecule has 1 aromatic rings. The molecular weight excluding hydrogens is 188 g/mol. The van der Waals surface area contributed by atoms with Gasteiger partial charge >= 0.3 is 0 Å². The second kappa shape index (κ2) is 5.80. The van der Waals surface area contributed by atoms with E-state index in [4.69, 9.17) is 15.6 Å². The first kappa shape index (κ1) is 7.45. The van der Waals surface area contributed by atoms with Gasteiger partial charge in [0.25, 0.3) is 0 Å². The molecule has 0 fully saturated rings. The smallest absolute Gasteiger partial charge is 0.216 e. The van der Waals surface area contributed by atoms with Gasteiger partial charge in [0, 0.05) is 6.52 Å². The average molecular weight is 207 g/mol. The van der Waals surface area contributed by atoms with Crippen molar-refractivity contribution in [1.29, 1.82) is 0 Å². The van der Waals surface area contributed by atoms with Crippen molar-refractivity contribution in [2.24, 2.45) is 21.5 Å². The lowest BCUT2D eigenvalue weighted by atomic mass is 10.2. The molecule has 0 saturated carbocycles. The minimum Gasteiger partial charge on any atom is -0.387 e. The van der Waals surface area contributed by atoms with Crippen molar-refractivity contribution in [2.75, 3.05) is 6.52 Å². The summed E-state index contributed by atoms with van der Waals surface area (Å²) in [6.45, 7) is 0.672. The Morgan fingerprint density at radius 3 is 2.67 bits per heavy atom. The third-order valence-corrected chi connectivity index (χ3v) is 1.52. The van der Waals surface area contributed by atoms with Gasteiger partial charge in [-0.05, 0) is 18.9 Å². The predicted molar refractivity (Wildman–Crippen MR) is 63.9 cm³/mol. The van der Waals surface area contributed by atoms with Gasteiger partial charge in [-0.25, -0.2) is 4.99 Å². The number of nitrogens with zero attached hydrogens (tertiary/aromatic N) is 2. The Hall–Kier alpha value is -1.84. The van der Waals surface area contributed by atoms with Crippen LogP contribution in [0.5, 0.6) is 0 Å². The highest BCUT2D eigenvalue weighted by molar-refractivity contribution is 5.93. The number of hydrogen-bond donors (Lipinski definition) is 2. The summed E-state index contributed by atoms with van der Waals surface area (Å²) in [5.41, 5.74) is 11.3. The molecule has 4 nitrogen and oxygen atoms in total. The second-order valence-electron chi connectivity index (χ2n) is 2.92. The summed E-state index contributed by atoms with van der Waals surface area (Å²) >= 11 is 0. The molecule has 0 aliphatic carbocycles. The van der Waals surface area contributed by atoms with Gasteiger partial charge < -0.3 is 11.5 Å². The Kier molecular flexibility index (Phi) is 2.88. The van der Waals surface area contributed by atoms with Crippen LogP contribution in [0.3, 0.4) is 0 Å². The standard InChI is InChI=1S/C11H16N4/c1-9(12)15-11(13)14-8-7-10-5-3-2-4-6-10/h2-6H,7-8H2,1H3,(H4,12,13,14,15)/i5D,6D,8D. The van der Waals surface area contributed by atoms with E-state index in [1.54, 1.807) is 25.1 Å². The van der Waals surface area contributed by atoms with Crippen molar-refractivity contribution >= 4 is 11.8 Å². The molecule has 0 spiro atoms. The lowest BCUT2D eigenvalue weighted by Crippen LogP contribution is -2.16. The molecule has 0 bridgehead atoms. The first-order chi connectivity index (χ1) is 8.40. The lowest BCUT2D eigenvalue weighted by Gasteiger charge is -1.97. The molecule has 1 aromatic carbocycles. The maximum absolute atomic E-state index is 7.73. The molecule has 1 unspecified atom stereocenters. The second-order valence-corrected chi connectivity index (χ2v) is 2.92. The van der Waals surface area contributed by atoms with Crippen LogP contribution >= 0.6 is 0 Å². The number of aliphatic imine (C=N–C) groups is 2. The number of nitrogens with two attached hydrogens (primary N) is 2. The number of amidine groups is 1. The van der Waals surface area contributed by atoms with Crippen molar-refractivity contribution < 1.29 is 4.11 Å². The number of benzene rings is 1. The first-order valence-electron chi connectivity index (χ1n) is 6.09. The monoisotopic (exact) mass is 207 g/mol. The van der Waals surface area contributed by atoms with Gasteiger partial charge in [0.05, 0.1) is 9.95 Å². The van der Waals surface area contributed by atoms with Crippen molar-refractivity contribution in [1.82, 2.24) is 0 Å². The normalized spacial score (nSPS) is 17.8. The van der Waals surface area contributed by atoms with E-state index in [9.17, 15) is 0 Å². The van der Waals surface area contributed by atoms with Crippen LogP contribution in [0.4, 0.5) is 0 Å². The van der Waals surface area contributed by atoms with Gasteiger partial charge in [-0.15, -0.1) is 0 Å². The minimum atomic E-state index is -0.899. The van der Waals surface area contributed by atoms with Crippen LogP contribution in [0.1, 0.15) is 16.6 Å². The first-order valence-corrected chi connectivity index (χ1v) is 4.51. The fourth-order valence-corrected chi connectivity index (χ4v) is 0.945. The van der Waals surface area contributed by atoms with Gasteiger partial charge in [0.1, 0.15) is 0 Å². The van der Waals surface area contributed by atoms with E-state index in [0.717, 1.165) is 0 Å². The Morgan fingerprint density at radius 2 is 2.07 bits per heavy atom. The van der Waals surface area contributed by atoms with Gasteiger partial charge in [-0.1, -0.05) is 30.3 Å². The van der Waals surface area contributed by atoms with Gasteiger partial charge in [0.2, 0.25) is 5.96 Å². The summed E-state index contributed by atoms with van der Waals surface area (Å²) in [7, 11) is 0. The van der Waals surface area contributed by atoms with Crippen LogP contribution in [0, 0.1) is 0 Å². The zero-order chi connectivity index (χ0) is 13.7. The molecule has 0 heterocycles.